The van der Waals surface area contributed by atoms with Crippen molar-refractivity contribution in [1.82, 2.24) is 0 Å². The minimum atomic E-state index is 0. The maximum absolute atomic E-state index is 10.6. The number of rotatable bonds is 2. The molecule has 0 aromatic heterocycles. The Labute approximate surface area is 402 Å². The molecule has 0 spiro atoms. The fourth-order valence-corrected chi connectivity index (χ4v) is 4.70. The van der Waals surface area contributed by atoms with Crippen LogP contribution in [0, 0.1) is 29.6 Å². The van der Waals surface area contributed by atoms with E-state index in [9.17, 15) is 9.59 Å². The second-order valence-electron chi connectivity index (χ2n) is 14.5. The number of carbonyl (C=O) groups is 3. The minimum absolute atomic E-state index is 0. The summed E-state index contributed by atoms with van der Waals surface area (Å²) >= 11 is 0. The Balaban J connectivity index is -0.0000000244. The molecule has 350 valence electrons. The van der Waals surface area contributed by atoms with Gasteiger partial charge in [0.1, 0.15) is 18.4 Å². The second kappa shape index (κ2) is 83.7. The zero-order valence-electron chi connectivity index (χ0n) is 45.4. The Bertz CT molecular complexity index is 750. The molecule has 2 atom stereocenters. The van der Waals surface area contributed by atoms with Gasteiger partial charge in [-0.25, -0.2) is 0 Å². The average Bonchev–Trinajstić information content (AvgIpc) is 3.17. The molecule has 4 aliphatic carbocycles. The summed E-state index contributed by atoms with van der Waals surface area (Å²) in [7, 11) is 0. The summed E-state index contributed by atoms with van der Waals surface area (Å²) in [6.07, 6.45) is 28.8. The van der Waals surface area contributed by atoms with Crippen LogP contribution in [0.1, 0.15) is 211 Å². The zero-order chi connectivity index (χ0) is 42.2. The Morgan fingerprint density at radius 2 is 0.759 bits per heavy atom. The number of aldehydes is 2. The van der Waals surface area contributed by atoms with Gasteiger partial charge in [0.05, 0.1) is 0 Å². The van der Waals surface area contributed by atoms with Gasteiger partial charge in [-0.2, -0.15) is 0 Å². The molecule has 8 N–H and O–H groups in total. The maximum Gasteiger partial charge on any atom is 2.00 e. The van der Waals surface area contributed by atoms with E-state index >= 15 is 0 Å². The van der Waals surface area contributed by atoms with Gasteiger partial charge in [-0.1, -0.05) is 137 Å². The minimum Gasteiger partial charge on any atom is -1.00 e. The summed E-state index contributed by atoms with van der Waals surface area (Å²) in [5.41, 5.74) is 3.17. The van der Waals surface area contributed by atoms with Crippen molar-refractivity contribution in [2.75, 3.05) is 0 Å². The predicted octanol–water partition coefficient (Wildman–Crippen LogP) is 14.0. The van der Waals surface area contributed by atoms with Crippen molar-refractivity contribution in [2.45, 2.75) is 206 Å². The maximum atomic E-state index is 10.6. The number of hydrogen-bond acceptors (Lipinski definition) is 5. The van der Waals surface area contributed by atoms with Crippen molar-refractivity contribution in [1.29, 1.82) is 0 Å². The Kier molecular flexibility index (Phi) is 133. The molecule has 9 heteroatoms. The van der Waals surface area contributed by atoms with E-state index in [4.69, 9.17) is 4.79 Å². The van der Waals surface area contributed by atoms with Crippen LogP contribution in [0.4, 0.5) is 0 Å². The first-order valence-corrected chi connectivity index (χ1v) is 21.0. The van der Waals surface area contributed by atoms with Gasteiger partial charge >= 0.3 is 46.1 Å². The molecule has 4 aliphatic rings. The molecule has 0 amide bonds. The molecule has 7 nitrogen and oxygen atoms in total. The van der Waals surface area contributed by atoms with Crippen LogP contribution in [-0.2, 0) is 25.3 Å². The Morgan fingerprint density at radius 3 is 0.897 bits per heavy atom. The van der Waals surface area contributed by atoms with Crippen molar-refractivity contribution in [3.8, 4) is 0 Å². The van der Waals surface area contributed by atoms with Crippen LogP contribution in [-0.4, -0.2) is 75.4 Å². The van der Waals surface area contributed by atoms with Crippen molar-refractivity contribution >= 4 is 64.5 Å². The first-order valence-electron chi connectivity index (χ1n) is 21.0. The first-order chi connectivity index (χ1) is 24.8. The Hall–Kier alpha value is -0.918. The molecule has 0 aromatic carbocycles. The van der Waals surface area contributed by atoms with E-state index in [1.54, 1.807) is 11.1 Å². The van der Waals surface area contributed by atoms with Gasteiger partial charge in [0.2, 0.25) is 0 Å². The number of unbranched alkanes of at least 4 members (excludes halogenated alkanes) is 1. The number of ketones is 1. The fourth-order valence-electron chi connectivity index (χ4n) is 4.70. The average molecular weight is 858 g/mol. The van der Waals surface area contributed by atoms with E-state index in [2.05, 4.69) is 128 Å². The van der Waals surface area contributed by atoms with E-state index in [0.717, 1.165) is 67.8 Å². The first kappa shape index (κ1) is 92.4. The molecule has 0 radical (unpaired) electrons. The number of carbonyl (C=O) groups excluding carboxylic acids is 3. The summed E-state index contributed by atoms with van der Waals surface area (Å²) in [4.78, 5) is 28.6. The van der Waals surface area contributed by atoms with Gasteiger partial charge in [0.15, 0.2) is 0 Å². The third-order valence-electron chi connectivity index (χ3n) is 8.60. The van der Waals surface area contributed by atoms with Crippen molar-refractivity contribution in [2.24, 2.45) is 29.6 Å². The third kappa shape index (κ3) is 95.5. The largest absolute Gasteiger partial charge is 2.00 e. The van der Waals surface area contributed by atoms with Crippen LogP contribution in [0.3, 0.4) is 0 Å². The summed E-state index contributed by atoms with van der Waals surface area (Å²) < 4.78 is 0. The van der Waals surface area contributed by atoms with E-state index in [1.165, 1.54) is 90.4 Å². The van der Waals surface area contributed by atoms with E-state index in [-0.39, 0.29) is 73.7 Å². The standard InChI is InChI=1S/C8H16.2C8H14.C7H12O.C4H10.C3H6O.C3H8.C2H4O.3C2H4.2Mg.4H2O.4H/c3*1-7-3-5-8(2)6-4-7;1-6-2-4-7(8)5-3-6;1-3-4-2;1-2-3-4;1-3-2;1-2-3;3*1-2;;;;;;;;;;/h7-8H,3-6H2,1-2H3;2*3,8H,4-6H2,1-2H3;6H,2-5H2,1H3;3-4H2,1-2H3;3H,2H2,1H3;3H2,1-2H3;2H,1H3;3*1-2H2;;;4*1H2;;;;/q;;;;;;;;;;;2*+2;;;;;4*-1. The summed E-state index contributed by atoms with van der Waals surface area (Å²) in [5, 5.41) is 0. The van der Waals surface area contributed by atoms with Crippen LogP contribution in [0.2, 0.25) is 0 Å². The molecule has 2 fully saturated rings. The SMILES string of the molecule is C=C.C=C.C=C.CC1=CCC(C)CC1.CC1=CCC(C)CC1.CC1CCC(=O)CC1.CC1CCC(C)CC1.CC=O.CCC.CCC=O.CCCC.[H-].[H-].[H-].[H-].[Mg+2].[Mg+2].[OH-].[OH-].[OH3+].[OH3+]. The second-order valence-corrected chi connectivity index (χ2v) is 14.5. The number of hydrogen-bond donors (Lipinski definition) is 0. The predicted molar refractivity (Wildman–Crippen MR) is 271 cm³/mol. The van der Waals surface area contributed by atoms with Crippen LogP contribution in [0.5, 0.6) is 0 Å². The topological polar surface area (TPSA) is 177 Å². The molecule has 2 saturated carbocycles. The molecular weight excluding hydrogens is 749 g/mol. The molecule has 2 unspecified atom stereocenters. The number of Topliss-reactive ketones (excluding diaryl/α,β-unsaturated/α-hetero) is 1. The van der Waals surface area contributed by atoms with Gasteiger partial charge in [-0.15, -0.1) is 39.5 Å². The molecular formula is C49H108Mg2O7. The van der Waals surface area contributed by atoms with E-state index in [1.807, 2.05) is 6.92 Å². The molecule has 0 bridgehead atoms. The molecule has 0 aromatic rings. The van der Waals surface area contributed by atoms with E-state index in [0.29, 0.717) is 12.2 Å². The van der Waals surface area contributed by atoms with Gasteiger partial charge in [0, 0.05) is 19.3 Å². The van der Waals surface area contributed by atoms with Crippen molar-refractivity contribution < 1.29 is 42.0 Å². The van der Waals surface area contributed by atoms with Gasteiger partial charge in [-0.05, 0) is 102 Å². The van der Waals surface area contributed by atoms with Gasteiger partial charge < -0.3 is 37.2 Å². The summed E-state index contributed by atoms with van der Waals surface area (Å²) in [5.74, 6) is 5.19. The van der Waals surface area contributed by atoms with Gasteiger partial charge in [0.25, 0.3) is 0 Å². The molecule has 0 aliphatic heterocycles. The monoisotopic (exact) mass is 857 g/mol. The van der Waals surface area contributed by atoms with Crippen LogP contribution >= 0.6 is 0 Å². The van der Waals surface area contributed by atoms with E-state index < -0.39 is 0 Å². The summed E-state index contributed by atoms with van der Waals surface area (Å²) in [6, 6.07) is 0. The number of allylic oxidation sites excluding steroid dienone is 4. The van der Waals surface area contributed by atoms with Crippen LogP contribution < -0.4 is 0 Å². The fraction of sp³-hybridized carbons (Fsp3) is 0.735. The van der Waals surface area contributed by atoms with Gasteiger partial charge in [-0.3, -0.25) is 4.79 Å². The normalized spacial score (nSPS) is 18.7. The summed E-state index contributed by atoms with van der Waals surface area (Å²) in [6.45, 7) is 45.9. The quantitative estimate of drug-likeness (QED) is 0.116. The Morgan fingerprint density at radius 1 is 0.552 bits per heavy atom. The molecule has 0 saturated heterocycles. The zero-order valence-corrected chi connectivity index (χ0v) is 44.2. The molecule has 58 heavy (non-hydrogen) atoms. The van der Waals surface area contributed by atoms with Crippen LogP contribution in [0.25, 0.3) is 0 Å². The smallest absolute Gasteiger partial charge is 1.00 e. The van der Waals surface area contributed by atoms with Crippen LogP contribution in [0.15, 0.2) is 62.8 Å². The van der Waals surface area contributed by atoms with Crippen molar-refractivity contribution in [3.05, 3.63) is 62.8 Å². The van der Waals surface area contributed by atoms with Crippen molar-refractivity contribution in [3.63, 3.8) is 0 Å². The third-order valence-corrected chi connectivity index (χ3v) is 8.60. The molecule has 0 heterocycles. The molecule has 4 rings (SSSR count).